The molecule has 0 N–H and O–H groups in total. The van der Waals surface area contributed by atoms with Gasteiger partial charge >= 0.3 is 0 Å². The normalized spacial score (nSPS) is 10.9. The minimum Gasteiger partial charge on any atom is -0.490 e. The first-order chi connectivity index (χ1) is 11.8. The predicted octanol–water partition coefficient (Wildman–Crippen LogP) is 2.93. The maximum absolute atomic E-state index is 5.81. The maximum atomic E-state index is 5.81. The molecule has 0 spiro atoms. The van der Waals surface area contributed by atoms with Gasteiger partial charge in [0, 0.05) is 5.56 Å². The third-order valence-electron chi connectivity index (χ3n) is 3.35. The summed E-state index contributed by atoms with van der Waals surface area (Å²) >= 11 is 0. The van der Waals surface area contributed by atoms with E-state index in [1.54, 1.807) is 6.21 Å². The second-order valence-corrected chi connectivity index (χ2v) is 5.09. The van der Waals surface area contributed by atoms with E-state index in [1.165, 1.54) is 17.3 Å². The largest absolute Gasteiger partial charge is 0.490 e. The highest BCUT2D eigenvalue weighted by Crippen LogP contribution is 2.18. The van der Waals surface area contributed by atoms with Crippen LogP contribution in [0.3, 0.4) is 0 Å². The zero-order chi connectivity index (χ0) is 16.6. The summed E-state index contributed by atoms with van der Waals surface area (Å²) in [6.45, 7) is 2.94. The molecule has 2 aromatic carbocycles. The van der Waals surface area contributed by atoms with Crippen LogP contribution in [0.2, 0.25) is 0 Å². The average molecular weight is 322 g/mol. The van der Waals surface area contributed by atoms with Crippen LogP contribution < -0.4 is 9.47 Å². The van der Waals surface area contributed by atoms with Crippen LogP contribution in [0.4, 0.5) is 0 Å². The zero-order valence-electron chi connectivity index (χ0n) is 13.4. The number of hydrogen-bond donors (Lipinski definition) is 0. The number of para-hydroxylation sites is 2. The fourth-order valence-corrected chi connectivity index (χ4v) is 2.12. The van der Waals surface area contributed by atoms with Gasteiger partial charge in [-0.15, -0.1) is 10.2 Å². The molecule has 3 aromatic rings. The van der Waals surface area contributed by atoms with E-state index in [0.717, 1.165) is 22.6 Å². The number of aromatic nitrogens is 3. The van der Waals surface area contributed by atoms with Gasteiger partial charge in [-0.3, -0.25) is 0 Å². The van der Waals surface area contributed by atoms with Crippen LogP contribution in [0.25, 0.3) is 0 Å². The second kappa shape index (κ2) is 7.92. The third kappa shape index (κ3) is 4.19. The topological polar surface area (TPSA) is 61.5 Å². The fraction of sp³-hybridized carbons (Fsp3) is 0.167. The van der Waals surface area contributed by atoms with Gasteiger partial charge in [0.15, 0.2) is 0 Å². The summed E-state index contributed by atoms with van der Waals surface area (Å²) in [6.07, 6.45) is 4.76. The summed E-state index contributed by atoms with van der Waals surface area (Å²) in [6, 6.07) is 15.6. The molecule has 24 heavy (non-hydrogen) atoms. The van der Waals surface area contributed by atoms with E-state index in [4.69, 9.17) is 9.47 Å². The minimum atomic E-state index is 0.450. The predicted molar refractivity (Wildman–Crippen MR) is 91.6 cm³/mol. The van der Waals surface area contributed by atoms with Crippen molar-refractivity contribution in [2.75, 3.05) is 13.2 Å². The van der Waals surface area contributed by atoms with Crippen LogP contribution in [0.15, 0.2) is 66.3 Å². The second-order valence-electron chi connectivity index (χ2n) is 5.09. The van der Waals surface area contributed by atoms with Crippen LogP contribution in [-0.2, 0) is 0 Å². The van der Waals surface area contributed by atoms with E-state index in [0.29, 0.717) is 13.2 Å². The first-order valence-corrected chi connectivity index (χ1v) is 7.62. The Bertz CT molecular complexity index is 800. The summed E-state index contributed by atoms with van der Waals surface area (Å²) in [7, 11) is 0. The average Bonchev–Trinajstić information content (AvgIpc) is 3.13. The van der Waals surface area contributed by atoms with Crippen molar-refractivity contribution in [2.24, 2.45) is 5.10 Å². The number of rotatable bonds is 7. The van der Waals surface area contributed by atoms with E-state index < -0.39 is 0 Å². The first-order valence-electron chi connectivity index (χ1n) is 7.62. The Hall–Kier alpha value is -3.15. The molecule has 0 amide bonds. The molecule has 0 bridgehead atoms. The molecule has 0 unspecified atom stereocenters. The van der Waals surface area contributed by atoms with Crippen LogP contribution in [0.1, 0.15) is 11.1 Å². The number of aryl methyl sites for hydroxylation is 1. The summed E-state index contributed by atoms with van der Waals surface area (Å²) < 4.78 is 13.1. The quantitative estimate of drug-likeness (QED) is 0.496. The lowest BCUT2D eigenvalue weighted by Gasteiger charge is -2.11. The molecule has 0 saturated heterocycles. The van der Waals surface area contributed by atoms with E-state index in [1.807, 2.05) is 55.5 Å². The molecule has 0 fully saturated rings. The van der Waals surface area contributed by atoms with Crippen molar-refractivity contribution >= 4 is 6.21 Å². The molecule has 0 aliphatic heterocycles. The molecule has 0 aliphatic carbocycles. The highest BCUT2D eigenvalue weighted by atomic mass is 16.5. The lowest BCUT2D eigenvalue weighted by molar-refractivity contribution is 0.216. The molecule has 1 aromatic heterocycles. The Kier molecular flexibility index (Phi) is 5.19. The molecule has 6 heteroatoms. The molecule has 0 atom stereocenters. The number of benzene rings is 2. The summed E-state index contributed by atoms with van der Waals surface area (Å²) in [5.74, 6) is 1.63. The van der Waals surface area contributed by atoms with Gasteiger partial charge in [0.05, 0.1) is 6.21 Å². The fourth-order valence-electron chi connectivity index (χ4n) is 2.12. The molecule has 6 nitrogen and oxygen atoms in total. The van der Waals surface area contributed by atoms with Crippen LogP contribution in [0.5, 0.6) is 11.5 Å². The van der Waals surface area contributed by atoms with E-state index >= 15 is 0 Å². The molecule has 0 saturated carbocycles. The molecule has 1 heterocycles. The van der Waals surface area contributed by atoms with Crippen molar-refractivity contribution in [2.45, 2.75) is 6.92 Å². The van der Waals surface area contributed by atoms with E-state index in [9.17, 15) is 0 Å². The Balaban J connectivity index is 1.56. The van der Waals surface area contributed by atoms with Crippen molar-refractivity contribution in [3.05, 3.63) is 72.3 Å². The molecule has 122 valence electrons. The van der Waals surface area contributed by atoms with Crippen LogP contribution in [0, 0.1) is 6.92 Å². The van der Waals surface area contributed by atoms with E-state index in [-0.39, 0.29) is 0 Å². The van der Waals surface area contributed by atoms with Crippen LogP contribution in [-0.4, -0.2) is 34.3 Å². The number of ether oxygens (including phenoxy) is 2. The van der Waals surface area contributed by atoms with E-state index in [2.05, 4.69) is 15.3 Å². The summed E-state index contributed by atoms with van der Waals surface area (Å²) in [4.78, 5) is 0. The van der Waals surface area contributed by atoms with Crippen molar-refractivity contribution in [1.29, 1.82) is 0 Å². The highest BCUT2D eigenvalue weighted by Gasteiger charge is 2.02. The van der Waals surface area contributed by atoms with Gasteiger partial charge in [-0.05, 0) is 30.7 Å². The summed E-state index contributed by atoms with van der Waals surface area (Å²) in [5, 5.41) is 11.6. The van der Waals surface area contributed by atoms with Crippen molar-refractivity contribution < 1.29 is 9.47 Å². The SMILES string of the molecule is Cc1ccccc1OCCOc1ccccc1C=Nn1cnnc1. The van der Waals surface area contributed by atoms with Gasteiger partial charge in [-0.1, -0.05) is 30.3 Å². The molecular weight excluding hydrogens is 304 g/mol. The third-order valence-corrected chi connectivity index (χ3v) is 3.35. The molecule has 0 radical (unpaired) electrons. The molecular formula is C18H18N4O2. The lowest BCUT2D eigenvalue weighted by atomic mass is 10.2. The monoisotopic (exact) mass is 322 g/mol. The van der Waals surface area contributed by atoms with Gasteiger partial charge in [0.1, 0.15) is 37.4 Å². The Labute approximate surface area is 140 Å². The standard InChI is InChI=1S/C18H18N4O2/c1-15-6-2-4-8-17(15)23-10-11-24-18-9-5-3-7-16(18)12-21-22-13-19-20-14-22/h2-9,12-14H,10-11H2,1H3. The molecule has 0 aliphatic rings. The van der Waals surface area contributed by atoms with Crippen LogP contribution >= 0.6 is 0 Å². The van der Waals surface area contributed by atoms with Gasteiger partial charge in [-0.2, -0.15) is 5.10 Å². The lowest BCUT2D eigenvalue weighted by Crippen LogP contribution is -2.10. The number of hydrogen-bond acceptors (Lipinski definition) is 5. The molecule has 3 rings (SSSR count). The Morgan fingerprint density at radius 1 is 0.917 bits per heavy atom. The summed E-state index contributed by atoms with van der Waals surface area (Å²) in [5.41, 5.74) is 1.99. The first kappa shape index (κ1) is 15.7. The van der Waals surface area contributed by atoms with Crippen molar-refractivity contribution in [3.63, 3.8) is 0 Å². The highest BCUT2D eigenvalue weighted by molar-refractivity contribution is 5.83. The minimum absolute atomic E-state index is 0.450. The Morgan fingerprint density at radius 3 is 2.29 bits per heavy atom. The maximum Gasteiger partial charge on any atom is 0.141 e. The van der Waals surface area contributed by atoms with Crippen molar-refractivity contribution in [1.82, 2.24) is 14.9 Å². The van der Waals surface area contributed by atoms with Crippen molar-refractivity contribution in [3.8, 4) is 11.5 Å². The van der Waals surface area contributed by atoms with Gasteiger partial charge in [0.25, 0.3) is 0 Å². The number of nitrogens with zero attached hydrogens (tertiary/aromatic N) is 4. The van der Waals surface area contributed by atoms with Gasteiger partial charge in [0.2, 0.25) is 0 Å². The zero-order valence-corrected chi connectivity index (χ0v) is 13.4. The van der Waals surface area contributed by atoms with Gasteiger partial charge < -0.3 is 9.47 Å². The Morgan fingerprint density at radius 2 is 1.54 bits per heavy atom. The smallest absolute Gasteiger partial charge is 0.141 e. The van der Waals surface area contributed by atoms with Gasteiger partial charge in [-0.25, -0.2) is 4.68 Å².